The van der Waals surface area contributed by atoms with Crippen LogP contribution in [0.5, 0.6) is 0 Å². The molecule has 2 saturated carbocycles. The summed E-state index contributed by atoms with van der Waals surface area (Å²) >= 11 is 0. The van der Waals surface area contributed by atoms with Gasteiger partial charge in [0.05, 0.1) is 27.2 Å². The van der Waals surface area contributed by atoms with Crippen LogP contribution in [0.1, 0.15) is 44.9 Å². The molecule has 0 aromatic carbocycles. The lowest BCUT2D eigenvalue weighted by atomic mass is 9.69. The Morgan fingerprint density at radius 3 is 2.07 bits per heavy atom. The molecule has 14 heavy (non-hydrogen) atoms. The lowest BCUT2D eigenvalue weighted by molar-refractivity contribution is -0.898. The van der Waals surface area contributed by atoms with Crippen molar-refractivity contribution in [3.63, 3.8) is 0 Å². The topological polar surface area (TPSA) is 0 Å². The average Bonchev–Trinajstić information content (AvgIpc) is 2.16. The molecule has 2 aliphatic carbocycles. The molecule has 0 heterocycles. The van der Waals surface area contributed by atoms with Crippen molar-refractivity contribution in [2.24, 2.45) is 11.8 Å². The molecule has 0 N–H and O–H groups in total. The number of hydrogen-bond donors (Lipinski definition) is 0. The summed E-state index contributed by atoms with van der Waals surface area (Å²) in [4.78, 5) is 0. The van der Waals surface area contributed by atoms with E-state index in [9.17, 15) is 0 Å². The Morgan fingerprint density at radius 2 is 1.43 bits per heavy atom. The van der Waals surface area contributed by atoms with E-state index in [1.54, 1.807) is 0 Å². The van der Waals surface area contributed by atoms with Gasteiger partial charge < -0.3 is 4.48 Å². The molecular weight excluding hydrogens is 170 g/mol. The minimum absolute atomic E-state index is 0.939. The minimum atomic E-state index is 0.939. The van der Waals surface area contributed by atoms with Gasteiger partial charge in [0.15, 0.2) is 0 Å². The Hall–Kier alpha value is -0.0400. The van der Waals surface area contributed by atoms with Gasteiger partial charge in [-0.3, -0.25) is 0 Å². The van der Waals surface area contributed by atoms with Crippen molar-refractivity contribution in [2.45, 2.75) is 51.0 Å². The van der Waals surface area contributed by atoms with Gasteiger partial charge in [0.2, 0.25) is 0 Å². The summed E-state index contributed by atoms with van der Waals surface area (Å²) < 4.78 is 1.18. The summed E-state index contributed by atoms with van der Waals surface area (Å²) in [6, 6.07) is 0.939. The van der Waals surface area contributed by atoms with Gasteiger partial charge in [-0.25, -0.2) is 0 Å². The van der Waals surface area contributed by atoms with E-state index in [1.807, 2.05) is 0 Å². The van der Waals surface area contributed by atoms with Crippen molar-refractivity contribution in [3.05, 3.63) is 0 Å². The second-order valence-corrected chi connectivity index (χ2v) is 6.39. The molecular formula is C13H26N+. The molecule has 2 aliphatic rings. The van der Waals surface area contributed by atoms with E-state index in [0.29, 0.717) is 0 Å². The maximum Gasteiger partial charge on any atom is 0.0887 e. The van der Waals surface area contributed by atoms with Crippen molar-refractivity contribution in [3.8, 4) is 0 Å². The van der Waals surface area contributed by atoms with Gasteiger partial charge in [-0.15, -0.1) is 0 Å². The third kappa shape index (κ3) is 2.13. The van der Waals surface area contributed by atoms with Gasteiger partial charge in [-0.1, -0.05) is 19.3 Å². The molecule has 2 fully saturated rings. The van der Waals surface area contributed by atoms with Crippen LogP contribution in [0.25, 0.3) is 0 Å². The second kappa shape index (κ2) is 3.84. The Bertz CT molecular complexity index is 192. The van der Waals surface area contributed by atoms with Crippen molar-refractivity contribution < 1.29 is 4.48 Å². The Balaban J connectivity index is 1.96. The van der Waals surface area contributed by atoms with Crippen LogP contribution in [-0.4, -0.2) is 31.7 Å². The van der Waals surface area contributed by atoms with Crippen LogP contribution >= 0.6 is 0 Å². The van der Waals surface area contributed by atoms with Crippen LogP contribution < -0.4 is 0 Å². The van der Waals surface area contributed by atoms with Crippen LogP contribution in [0.3, 0.4) is 0 Å². The van der Waals surface area contributed by atoms with E-state index in [2.05, 4.69) is 21.1 Å². The molecule has 82 valence electrons. The van der Waals surface area contributed by atoms with Crippen LogP contribution in [0.4, 0.5) is 0 Å². The Kier molecular flexibility index (Phi) is 2.88. The van der Waals surface area contributed by atoms with Crippen LogP contribution in [0, 0.1) is 11.8 Å². The highest BCUT2D eigenvalue weighted by Gasteiger charge is 2.37. The molecule has 3 atom stereocenters. The fraction of sp³-hybridized carbons (Fsp3) is 1.00. The first kappa shape index (κ1) is 10.5. The largest absolute Gasteiger partial charge is 0.328 e. The van der Waals surface area contributed by atoms with Gasteiger partial charge >= 0.3 is 0 Å². The van der Waals surface area contributed by atoms with Gasteiger partial charge in [-0.05, 0) is 31.1 Å². The zero-order valence-corrected chi connectivity index (χ0v) is 10.1. The highest BCUT2D eigenvalue weighted by atomic mass is 15.3. The fourth-order valence-electron chi connectivity index (χ4n) is 3.55. The smallest absolute Gasteiger partial charge is 0.0887 e. The number of fused-ring (bicyclic) bond motifs is 1. The monoisotopic (exact) mass is 196 g/mol. The highest BCUT2D eigenvalue weighted by molar-refractivity contribution is 4.83. The summed E-state index contributed by atoms with van der Waals surface area (Å²) in [5, 5.41) is 0. The maximum atomic E-state index is 2.37. The Morgan fingerprint density at radius 1 is 0.786 bits per heavy atom. The first-order valence-electron chi connectivity index (χ1n) is 6.38. The zero-order valence-electron chi connectivity index (χ0n) is 10.1. The molecule has 0 aromatic rings. The van der Waals surface area contributed by atoms with Crippen LogP contribution in [0.2, 0.25) is 0 Å². The lowest BCUT2D eigenvalue weighted by Crippen LogP contribution is -2.49. The van der Waals surface area contributed by atoms with E-state index < -0.39 is 0 Å². The van der Waals surface area contributed by atoms with Crippen molar-refractivity contribution in [1.82, 2.24) is 0 Å². The normalized spacial score (nSPS) is 39.2. The average molecular weight is 196 g/mol. The van der Waals surface area contributed by atoms with Crippen molar-refractivity contribution >= 4 is 0 Å². The molecule has 0 saturated heterocycles. The standard InChI is InChI=1S/C13H26N/c1-14(2,3)13-9-8-11-6-4-5-7-12(11)10-13/h11-13H,4-10H2,1-3H3/q+1/t11?,12?,13-/m1/s1. The Labute approximate surface area is 89.1 Å². The molecule has 0 amide bonds. The summed E-state index contributed by atoms with van der Waals surface area (Å²) in [5.74, 6) is 2.19. The van der Waals surface area contributed by atoms with E-state index in [0.717, 1.165) is 17.9 Å². The number of nitrogens with zero attached hydrogens (tertiary/aromatic N) is 1. The third-order valence-electron chi connectivity index (χ3n) is 4.61. The molecule has 2 rings (SSSR count). The molecule has 0 radical (unpaired) electrons. The summed E-state index contributed by atoms with van der Waals surface area (Å²) in [6.07, 6.45) is 10.6. The predicted molar refractivity (Wildman–Crippen MR) is 61.1 cm³/mol. The second-order valence-electron chi connectivity index (χ2n) is 6.39. The third-order valence-corrected chi connectivity index (χ3v) is 4.61. The van der Waals surface area contributed by atoms with Gasteiger partial charge in [0.1, 0.15) is 0 Å². The number of rotatable bonds is 1. The molecule has 2 unspecified atom stereocenters. The number of quaternary nitrogens is 1. The zero-order chi connectivity index (χ0) is 10.2. The molecule has 0 bridgehead atoms. The van der Waals surface area contributed by atoms with Crippen LogP contribution in [-0.2, 0) is 0 Å². The number of hydrogen-bond acceptors (Lipinski definition) is 0. The fourth-order valence-corrected chi connectivity index (χ4v) is 3.55. The lowest BCUT2D eigenvalue weighted by Gasteiger charge is -2.44. The maximum absolute atomic E-state index is 2.37. The van der Waals surface area contributed by atoms with Crippen molar-refractivity contribution in [2.75, 3.05) is 21.1 Å². The van der Waals surface area contributed by atoms with E-state index in [-0.39, 0.29) is 0 Å². The highest BCUT2D eigenvalue weighted by Crippen LogP contribution is 2.42. The van der Waals surface area contributed by atoms with Gasteiger partial charge in [0, 0.05) is 6.42 Å². The van der Waals surface area contributed by atoms with Gasteiger partial charge in [0.25, 0.3) is 0 Å². The van der Waals surface area contributed by atoms with Gasteiger partial charge in [-0.2, -0.15) is 0 Å². The molecule has 1 heteroatoms. The first-order chi connectivity index (χ1) is 6.57. The quantitative estimate of drug-likeness (QED) is 0.565. The van der Waals surface area contributed by atoms with E-state index >= 15 is 0 Å². The molecule has 0 aromatic heterocycles. The van der Waals surface area contributed by atoms with E-state index in [1.165, 1.54) is 49.4 Å². The van der Waals surface area contributed by atoms with Crippen LogP contribution in [0.15, 0.2) is 0 Å². The summed E-state index contributed by atoms with van der Waals surface area (Å²) in [7, 11) is 7.11. The molecule has 1 nitrogen and oxygen atoms in total. The molecule has 0 spiro atoms. The summed E-state index contributed by atoms with van der Waals surface area (Å²) in [6.45, 7) is 0. The SMILES string of the molecule is C[N+](C)(C)[C@@H]1CCC2CCCCC2C1. The predicted octanol–water partition coefficient (Wildman–Crippen LogP) is 3.05. The summed E-state index contributed by atoms with van der Waals surface area (Å²) in [5.41, 5.74) is 0. The van der Waals surface area contributed by atoms with Crippen molar-refractivity contribution in [1.29, 1.82) is 0 Å². The molecule has 0 aliphatic heterocycles. The first-order valence-corrected chi connectivity index (χ1v) is 6.38. The minimum Gasteiger partial charge on any atom is -0.328 e. The van der Waals surface area contributed by atoms with E-state index in [4.69, 9.17) is 0 Å².